The Morgan fingerprint density at radius 2 is 2.37 bits per heavy atom. The normalized spacial score (nSPS) is 19.6. The minimum atomic E-state index is -0.397. The van der Waals surface area contributed by atoms with Gasteiger partial charge in [-0.2, -0.15) is 0 Å². The molecule has 1 fully saturated rings. The van der Waals surface area contributed by atoms with Crippen LogP contribution in [0.25, 0.3) is 0 Å². The molecule has 1 atom stereocenters. The average molecular weight is 300 g/mol. The smallest absolute Gasteiger partial charge is 0.242 e. The molecule has 2 amide bonds. The summed E-state index contributed by atoms with van der Waals surface area (Å²) in [6.45, 7) is 2.57. The number of rotatable bonds is 4. The molecule has 104 valence electrons. The molecule has 8 heteroatoms. The van der Waals surface area contributed by atoms with Crippen molar-refractivity contribution < 1.29 is 9.59 Å². The van der Waals surface area contributed by atoms with Gasteiger partial charge in [-0.05, 0) is 26.2 Å². The Labute approximate surface area is 119 Å². The summed E-state index contributed by atoms with van der Waals surface area (Å²) >= 11 is 2.81. The van der Waals surface area contributed by atoms with Crippen molar-refractivity contribution in [3.8, 4) is 0 Å². The number of amides is 2. The fourth-order valence-electron chi connectivity index (χ4n) is 1.78. The number of aryl methyl sites for hydroxylation is 1. The van der Waals surface area contributed by atoms with E-state index in [0.717, 1.165) is 22.2 Å². The number of thioether (sulfide) groups is 1. The number of hydrogen-bond acceptors (Lipinski definition) is 6. The maximum atomic E-state index is 11.8. The van der Waals surface area contributed by atoms with Gasteiger partial charge >= 0.3 is 0 Å². The molecule has 1 saturated heterocycles. The lowest BCUT2D eigenvalue weighted by atomic mass is 10.1. The summed E-state index contributed by atoms with van der Waals surface area (Å²) in [6, 6.07) is -0.397. The second-order valence-corrected chi connectivity index (χ2v) is 6.69. The first-order chi connectivity index (χ1) is 9.15. The molecule has 1 aliphatic heterocycles. The van der Waals surface area contributed by atoms with Crippen LogP contribution in [0.2, 0.25) is 0 Å². The fourth-order valence-corrected chi connectivity index (χ4v) is 3.40. The molecule has 0 bridgehead atoms. The van der Waals surface area contributed by atoms with E-state index in [2.05, 4.69) is 20.8 Å². The Bertz CT molecular complexity index is 463. The van der Waals surface area contributed by atoms with E-state index >= 15 is 0 Å². The Balaban J connectivity index is 1.78. The molecule has 2 N–H and O–H groups in total. The van der Waals surface area contributed by atoms with E-state index in [4.69, 9.17) is 0 Å². The predicted molar refractivity (Wildman–Crippen MR) is 74.2 cm³/mol. The van der Waals surface area contributed by atoms with Gasteiger partial charge in [0.05, 0.1) is 5.75 Å². The molecular weight excluding hydrogens is 284 g/mol. The van der Waals surface area contributed by atoms with E-state index in [1.165, 1.54) is 23.1 Å². The highest BCUT2D eigenvalue weighted by Crippen LogP contribution is 2.21. The van der Waals surface area contributed by atoms with E-state index in [1.807, 2.05) is 6.92 Å². The number of nitrogens with zero attached hydrogens (tertiary/aromatic N) is 2. The highest BCUT2D eigenvalue weighted by Gasteiger charge is 2.22. The van der Waals surface area contributed by atoms with Crippen LogP contribution in [-0.2, 0) is 9.59 Å². The standard InChI is InChI=1S/C11H16N4O2S2/c1-7-14-15-11(19-7)18-6-9(16)13-8-4-2-3-5-12-10(8)17/h8H,2-6H2,1H3,(H,12,17)(H,13,16)/t8-/m0/s1. The van der Waals surface area contributed by atoms with Gasteiger partial charge in [-0.3, -0.25) is 9.59 Å². The zero-order valence-electron chi connectivity index (χ0n) is 10.6. The molecule has 0 aromatic carbocycles. The minimum absolute atomic E-state index is 0.0809. The van der Waals surface area contributed by atoms with Crippen molar-refractivity contribution in [2.45, 2.75) is 36.6 Å². The zero-order valence-corrected chi connectivity index (χ0v) is 12.3. The topological polar surface area (TPSA) is 84.0 Å². The maximum absolute atomic E-state index is 11.8. The molecule has 2 heterocycles. The van der Waals surface area contributed by atoms with Crippen LogP contribution in [0.3, 0.4) is 0 Å². The second-order valence-electron chi connectivity index (χ2n) is 4.28. The summed E-state index contributed by atoms with van der Waals surface area (Å²) in [5, 5.41) is 14.3. The van der Waals surface area contributed by atoms with Gasteiger partial charge < -0.3 is 10.6 Å². The van der Waals surface area contributed by atoms with Gasteiger partial charge in [0.1, 0.15) is 11.0 Å². The quantitative estimate of drug-likeness (QED) is 0.801. The number of carbonyl (C=O) groups excluding carboxylic acids is 2. The Morgan fingerprint density at radius 3 is 3.11 bits per heavy atom. The van der Waals surface area contributed by atoms with Crippen molar-refractivity contribution in [2.24, 2.45) is 0 Å². The van der Waals surface area contributed by atoms with Crippen LogP contribution < -0.4 is 10.6 Å². The summed E-state index contributed by atoms with van der Waals surface area (Å²) < 4.78 is 0.776. The predicted octanol–water partition coefficient (Wildman–Crippen LogP) is 0.724. The Hall–Kier alpha value is -1.15. The van der Waals surface area contributed by atoms with Crippen molar-refractivity contribution in [3.63, 3.8) is 0 Å². The Morgan fingerprint density at radius 1 is 1.53 bits per heavy atom. The summed E-state index contributed by atoms with van der Waals surface area (Å²) in [4.78, 5) is 23.5. The highest BCUT2D eigenvalue weighted by molar-refractivity contribution is 8.01. The van der Waals surface area contributed by atoms with Crippen molar-refractivity contribution in [3.05, 3.63) is 5.01 Å². The lowest BCUT2D eigenvalue weighted by Crippen LogP contribution is -2.46. The fraction of sp³-hybridized carbons (Fsp3) is 0.636. The van der Waals surface area contributed by atoms with Crippen LogP contribution in [-0.4, -0.2) is 40.4 Å². The first-order valence-electron chi connectivity index (χ1n) is 6.15. The zero-order chi connectivity index (χ0) is 13.7. The van der Waals surface area contributed by atoms with Crippen LogP contribution in [0, 0.1) is 6.92 Å². The first-order valence-corrected chi connectivity index (χ1v) is 7.95. The summed E-state index contributed by atoms with van der Waals surface area (Å²) in [5.41, 5.74) is 0. The van der Waals surface area contributed by atoms with E-state index in [-0.39, 0.29) is 17.6 Å². The first kappa shape index (κ1) is 14.3. The van der Waals surface area contributed by atoms with Crippen molar-refractivity contribution in [2.75, 3.05) is 12.3 Å². The summed E-state index contributed by atoms with van der Waals surface area (Å²) in [5.74, 6) is 0.0424. The minimum Gasteiger partial charge on any atom is -0.354 e. The lowest BCUT2D eigenvalue weighted by Gasteiger charge is -2.14. The van der Waals surface area contributed by atoms with Crippen molar-refractivity contribution in [1.29, 1.82) is 0 Å². The van der Waals surface area contributed by atoms with Crippen LogP contribution in [0.1, 0.15) is 24.3 Å². The SMILES string of the molecule is Cc1nnc(SCC(=O)N[C@H]2CCCCNC2=O)s1. The van der Waals surface area contributed by atoms with E-state index < -0.39 is 6.04 Å². The average Bonchev–Trinajstić information content (AvgIpc) is 2.69. The van der Waals surface area contributed by atoms with Gasteiger partial charge in [0.2, 0.25) is 11.8 Å². The van der Waals surface area contributed by atoms with E-state index in [1.54, 1.807) is 0 Å². The molecule has 1 aromatic heterocycles. The highest BCUT2D eigenvalue weighted by atomic mass is 32.2. The third kappa shape index (κ3) is 4.46. The molecule has 6 nitrogen and oxygen atoms in total. The molecule has 0 spiro atoms. The molecule has 2 rings (SSSR count). The van der Waals surface area contributed by atoms with Gasteiger partial charge in [-0.15, -0.1) is 10.2 Å². The maximum Gasteiger partial charge on any atom is 0.242 e. The molecule has 1 aromatic rings. The second kappa shape index (κ2) is 6.85. The molecule has 0 saturated carbocycles. The van der Waals surface area contributed by atoms with Crippen LogP contribution in [0.5, 0.6) is 0 Å². The van der Waals surface area contributed by atoms with Gasteiger partial charge in [-0.25, -0.2) is 0 Å². The number of aromatic nitrogens is 2. The lowest BCUT2D eigenvalue weighted by molar-refractivity contribution is -0.127. The van der Waals surface area contributed by atoms with Gasteiger partial charge in [0.15, 0.2) is 4.34 Å². The van der Waals surface area contributed by atoms with Crippen molar-refractivity contribution in [1.82, 2.24) is 20.8 Å². The van der Waals surface area contributed by atoms with Gasteiger partial charge in [0.25, 0.3) is 0 Å². The molecule has 0 radical (unpaired) electrons. The molecular formula is C11H16N4O2S2. The molecule has 0 aliphatic carbocycles. The van der Waals surface area contributed by atoms with E-state index in [0.29, 0.717) is 13.0 Å². The van der Waals surface area contributed by atoms with Crippen LogP contribution in [0.4, 0.5) is 0 Å². The third-order valence-corrected chi connectivity index (χ3v) is 4.68. The van der Waals surface area contributed by atoms with E-state index in [9.17, 15) is 9.59 Å². The third-order valence-electron chi connectivity index (χ3n) is 2.70. The number of nitrogens with one attached hydrogen (secondary N) is 2. The van der Waals surface area contributed by atoms with Gasteiger partial charge in [0, 0.05) is 6.54 Å². The molecule has 0 unspecified atom stereocenters. The van der Waals surface area contributed by atoms with Crippen LogP contribution in [0.15, 0.2) is 4.34 Å². The summed E-state index contributed by atoms with van der Waals surface area (Å²) in [7, 11) is 0. The Kier molecular flexibility index (Phi) is 5.15. The largest absolute Gasteiger partial charge is 0.354 e. The molecule has 1 aliphatic rings. The number of carbonyl (C=O) groups is 2. The van der Waals surface area contributed by atoms with Gasteiger partial charge in [-0.1, -0.05) is 23.1 Å². The van der Waals surface area contributed by atoms with Crippen LogP contribution >= 0.6 is 23.1 Å². The number of hydrogen-bond donors (Lipinski definition) is 2. The molecule has 19 heavy (non-hydrogen) atoms. The summed E-state index contributed by atoms with van der Waals surface area (Å²) in [6.07, 6.45) is 2.63. The van der Waals surface area contributed by atoms with Crippen molar-refractivity contribution >= 4 is 34.9 Å². The monoisotopic (exact) mass is 300 g/mol.